The second kappa shape index (κ2) is 7.29. The lowest BCUT2D eigenvalue weighted by Crippen LogP contribution is -2.38. The van der Waals surface area contributed by atoms with Gasteiger partial charge in [0.05, 0.1) is 12.5 Å². The van der Waals surface area contributed by atoms with Crippen molar-refractivity contribution in [3.63, 3.8) is 0 Å². The molecule has 4 heteroatoms. The van der Waals surface area contributed by atoms with Gasteiger partial charge in [-0.05, 0) is 26.2 Å². The SMILES string of the molecule is CC(C)CN(CCC#N)C(=O)CCC(C)(C)N. The van der Waals surface area contributed by atoms with Crippen LogP contribution in [0.25, 0.3) is 0 Å². The molecule has 4 nitrogen and oxygen atoms in total. The number of nitrogens with two attached hydrogens (primary N) is 1. The van der Waals surface area contributed by atoms with Crippen molar-refractivity contribution in [1.29, 1.82) is 5.26 Å². The first-order chi connectivity index (χ1) is 7.76. The topological polar surface area (TPSA) is 70.1 Å². The lowest BCUT2D eigenvalue weighted by Gasteiger charge is -2.25. The second-order valence-corrected chi connectivity index (χ2v) is 5.63. The van der Waals surface area contributed by atoms with Crippen molar-refractivity contribution >= 4 is 5.91 Å². The van der Waals surface area contributed by atoms with E-state index in [4.69, 9.17) is 11.0 Å². The molecular weight excluding hydrogens is 214 g/mol. The largest absolute Gasteiger partial charge is 0.341 e. The monoisotopic (exact) mass is 239 g/mol. The molecule has 0 bridgehead atoms. The molecule has 0 fully saturated rings. The molecule has 0 aromatic carbocycles. The maximum Gasteiger partial charge on any atom is 0.222 e. The van der Waals surface area contributed by atoms with Gasteiger partial charge in [-0.25, -0.2) is 0 Å². The number of amides is 1. The first kappa shape index (κ1) is 15.9. The molecule has 0 aliphatic rings. The number of hydrogen-bond acceptors (Lipinski definition) is 3. The Hall–Kier alpha value is -1.08. The Labute approximate surface area is 105 Å². The van der Waals surface area contributed by atoms with E-state index in [1.165, 1.54) is 0 Å². The van der Waals surface area contributed by atoms with Gasteiger partial charge in [0.15, 0.2) is 0 Å². The zero-order valence-corrected chi connectivity index (χ0v) is 11.5. The van der Waals surface area contributed by atoms with Crippen molar-refractivity contribution in [3.8, 4) is 6.07 Å². The number of nitriles is 1. The van der Waals surface area contributed by atoms with Gasteiger partial charge in [0.25, 0.3) is 0 Å². The maximum atomic E-state index is 12.0. The Balaban J connectivity index is 4.27. The Morgan fingerprint density at radius 1 is 1.47 bits per heavy atom. The van der Waals surface area contributed by atoms with E-state index in [1.54, 1.807) is 4.90 Å². The van der Waals surface area contributed by atoms with E-state index in [1.807, 2.05) is 13.8 Å². The Morgan fingerprint density at radius 2 is 2.06 bits per heavy atom. The molecular formula is C13H25N3O. The molecule has 0 unspecified atom stereocenters. The van der Waals surface area contributed by atoms with Crippen LogP contribution < -0.4 is 5.73 Å². The molecule has 1 amide bonds. The van der Waals surface area contributed by atoms with Crippen LogP contribution in [0.4, 0.5) is 0 Å². The third-order valence-electron chi connectivity index (χ3n) is 2.41. The number of nitrogens with zero attached hydrogens (tertiary/aromatic N) is 2. The van der Waals surface area contributed by atoms with Gasteiger partial charge in [-0.15, -0.1) is 0 Å². The first-order valence-corrected chi connectivity index (χ1v) is 6.20. The zero-order valence-electron chi connectivity index (χ0n) is 11.5. The van der Waals surface area contributed by atoms with Gasteiger partial charge in [0, 0.05) is 25.0 Å². The van der Waals surface area contributed by atoms with Crippen molar-refractivity contribution in [2.45, 2.75) is 52.5 Å². The van der Waals surface area contributed by atoms with E-state index in [0.717, 1.165) is 0 Å². The van der Waals surface area contributed by atoms with Crippen molar-refractivity contribution in [3.05, 3.63) is 0 Å². The third-order valence-corrected chi connectivity index (χ3v) is 2.41. The molecule has 0 aliphatic carbocycles. The van der Waals surface area contributed by atoms with Gasteiger partial charge < -0.3 is 10.6 Å². The van der Waals surface area contributed by atoms with Crippen LogP contribution in [-0.4, -0.2) is 29.4 Å². The molecule has 0 heterocycles. The maximum absolute atomic E-state index is 12.0. The van der Waals surface area contributed by atoms with Crippen LogP contribution >= 0.6 is 0 Å². The van der Waals surface area contributed by atoms with Crippen LogP contribution in [-0.2, 0) is 4.79 Å². The number of carbonyl (C=O) groups is 1. The molecule has 2 N–H and O–H groups in total. The summed E-state index contributed by atoms with van der Waals surface area (Å²) in [5.41, 5.74) is 5.55. The number of rotatable bonds is 7. The molecule has 0 atom stereocenters. The Bertz CT molecular complexity index is 273. The van der Waals surface area contributed by atoms with Crippen molar-refractivity contribution in [2.75, 3.05) is 13.1 Å². The fraction of sp³-hybridized carbons (Fsp3) is 0.846. The van der Waals surface area contributed by atoms with Crippen molar-refractivity contribution in [2.24, 2.45) is 11.7 Å². The molecule has 0 aliphatic heterocycles. The predicted octanol–water partition coefficient (Wildman–Crippen LogP) is 1.90. The van der Waals surface area contributed by atoms with Crippen LogP contribution in [0.2, 0.25) is 0 Å². The molecule has 0 aromatic heterocycles. The van der Waals surface area contributed by atoms with E-state index < -0.39 is 0 Å². The second-order valence-electron chi connectivity index (χ2n) is 5.63. The molecule has 0 aromatic rings. The van der Waals surface area contributed by atoms with Gasteiger partial charge in [0.2, 0.25) is 5.91 Å². The lowest BCUT2D eigenvalue weighted by molar-refractivity contribution is -0.132. The van der Waals surface area contributed by atoms with E-state index in [-0.39, 0.29) is 11.4 Å². The minimum atomic E-state index is -0.311. The van der Waals surface area contributed by atoms with Crippen LogP contribution in [0.15, 0.2) is 0 Å². The number of hydrogen-bond donors (Lipinski definition) is 1. The highest BCUT2D eigenvalue weighted by Crippen LogP contribution is 2.10. The molecule has 0 rings (SSSR count). The smallest absolute Gasteiger partial charge is 0.222 e. The summed E-state index contributed by atoms with van der Waals surface area (Å²) >= 11 is 0. The average molecular weight is 239 g/mol. The fourth-order valence-corrected chi connectivity index (χ4v) is 1.53. The normalized spacial score (nSPS) is 11.4. The summed E-state index contributed by atoms with van der Waals surface area (Å²) in [5.74, 6) is 0.524. The van der Waals surface area contributed by atoms with E-state index in [2.05, 4.69) is 19.9 Å². The summed E-state index contributed by atoms with van der Waals surface area (Å²) in [5, 5.41) is 8.58. The minimum absolute atomic E-state index is 0.104. The van der Waals surface area contributed by atoms with Crippen LogP contribution in [0, 0.1) is 17.2 Å². The van der Waals surface area contributed by atoms with Crippen LogP contribution in [0.3, 0.4) is 0 Å². The van der Waals surface area contributed by atoms with Gasteiger partial charge in [0.1, 0.15) is 0 Å². The van der Waals surface area contributed by atoms with E-state index in [0.29, 0.717) is 38.3 Å². The number of carbonyl (C=O) groups excluding carboxylic acids is 1. The minimum Gasteiger partial charge on any atom is -0.341 e. The molecule has 0 saturated carbocycles. The van der Waals surface area contributed by atoms with Gasteiger partial charge in [-0.1, -0.05) is 13.8 Å². The van der Waals surface area contributed by atoms with Crippen LogP contribution in [0.5, 0.6) is 0 Å². The van der Waals surface area contributed by atoms with Gasteiger partial charge in [-0.2, -0.15) is 5.26 Å². The van der Waals surface area contributed by atoms with E-state index in [9.17, 15) is 4.79 Å². The van der Waals surface area contributed by atoms with Crippen molar-refractivity contribution in [1.82, 2.24) is 4.90 Å². The standard InChI is InChI=1S/C13H25N3O/c1-11(2)10-16(9-5-8-14)12(17)6-7-13(3,4)15/h11H,5-7,9-10,15H2,1-4H3. The van der Waals surface area contributed by atoms with Gasteiger partial charge >= 0.3 is 0 Å². The quantitative estimate of drug-likeness (QED) is 0.737. The van der Waals surface area contributed by atoms with Crippen LogP contribution in [0.1, 0.15) is 47.0 Å². The highest BCUT2D eigenvalue weighted by Gasteiger charge is 2.18. The highest BCUT2D eigenvalue weighted by atomic mass is 16.2. The Morgan fingerprint density at radius 3 is 2.47 bits per heavy atom. The predicted molar refractivity (Wildman–Crippen MR) is 69.1 cm³/mol. The van der Waals surface area contributed by atoms with Crippen molar-refractivity contribution < 1.29 is 4.79 Å². The summed E-state index contributed by atoms with van der Waals surface area (Å²) in [4.78, 5) is 13.8. The molecule has 17 heavy (non-hydrogen) atoms. The fourth-order valence-electron chi connectivity index (χ4n) is 1.53. The molecule has 0 saturated heterocycles. The molecule has 0 radical (unpaired) electrons. The highest BCUT2D eigenvalue weighted by molar-refractivity contribution is 5.76. The molecule has 98 valence electrons. The lowest BCUT2D eigenvalue weighted by atomic mass is 9.99. The summed E-state index contributed by atoms with van der Waals surface area (Å²) in [6.45, 7) is 9.22. The summed E-state index contributed by atoms with van der Waals surface area (Å²) in [6.07, 6.45) is 1.53. The van der Waals surface area contributed by atoms with Gasteiger partial charge in [-0.3, -0.25) is 4.79 Å². The zero-order chi connectivity index (χ0) is 13.5. The average Bonchev–Trinajstić information content (AvgIpc) is 2.19. The summed E-state index contributed by atoms with van der Waals surface area (Å²) in [6, 6.07) is 2.08. The summed E-state index contributed by atoms with van der Waals surface area (Å²) < 4.78 is 0. The Kier molecular flexibility index (Phi) is 6.82. The van der Waals surface area contributed by atoms with E-state index >= 15 is 0 Å². The summed E-state index contributed by atoms with van der Waals surface area (Å²) in [7, 11) is 0. The third kappa shape index (κ3) is 8.70. The first-order valence-electron chi connectivity index (χ1n) is 6.20. The molecule has 0 spiro atoms.